The number of halogens is 1. The fourth-order valence-corrected chi connectivity index (χ4v) is 1.91. The van der Waals surface area contributed by atoms with Crippen LogP contribution < -0.4 is 4.74 Å². The molecule has 0 N–H and O–H groups in total. The zero-order valence-corrected chi connectivity index (χ0v) is 12.0. The molecule has 0 saturated carbocycles. The van der Waals surface area contributed by atoms with Crippen LogP contribution in [0.2, 0.25) is 5.02 Å². The van der Waals surface area contributed by atoms with Crippen LogP contribution in [-0.2, 0) is 4.79 Å². The minimum Gasteiger partial charge on any atom is -0.427 e. The van der Waals surface area contributed by atoms with Gasteiger partial charge in [0.15, 0.2) is 0 Å². The molecular formula is C16H14ClNO2. The van der Waals surface area contributed by atoms with Crippen molar-refractivity contribution in [3.63, 3.8) is 0 Å². The van der Waals surface area contributed by atoms with E-state index in [0.717, 1.165) is 16.8 Å². The zero-order chi connectivity index (χ0) is 14.5. The molecule has 0 bridgehead atoms. The van der Waals surface area contributed by atoms with Crippen molar-refractivity contribution in [3.8, 4) is 5.75 Å². The molecule has 0 fully saturated rings. The molecule has 0 aliphatic heterocycles. The van der Waals surface area contributed by atoms with E-state index < -0.39 is 0 Å². The van der Waals surface area contributed by atoms with E-state index in [0.29, 0.717) is 10.8 Å². The molecule has 3 nitrogen and oxygen atoms in total. The summed E-state index contributed by atoms with van der Waals surface area (Å²) in [5.74, 6) is 0.184. The number of rotatable bonds is 3. The van der Waals surface area contributed by atoms with E-state index >= 15 is 0 Å². The molecule has 0 heterocycles. The van der Waals surface area contributed by atoms with Crippen LogP contribution >= 0.6 is 11.6 Å². The van der Waals surface area contributed by atoms with Gasteiger partial charge in [-0.05, 0) is 36.8 Å². The first-order valence-corrected chi connectivity index (χ1v) is 6.52. The number of carbonyl (C=O) groups is 1. The number of benzene rings is 2. The van der Waals surface area contributed by atoms with Gasteiger partial charge in [0.25, 0.3) is 0 Å². The van der Waals surface area contributed by atoms with Crippen LogP contribution in [0.1, 0.15) is 18.1 Å². The predicted molar refractivity (Wildman–Crippen MR) is 81.2 cm³/mol. The van der Waals surface area contributed by atoms with E-state index in [-0.39, 0.29) is 5.97 Å². The number of esters is 1. The molecule has 0 amide bonds. The average Bonchev–Trinajstić information content (AvgIpc) is 2.39. The number of carbonyl (C=O) groups excluding carboxylic acids is 1. The molecule has 0 aromatic heterocycles. The Morgan fingerprint density at radius 2 is 2.00 bits per heavy atom. The Morgan fingerprint density at radius 1 is 1.25 bits per heavy atom. The highest BCUT2D eigenvalue weighted by atomic mass is 35.5. The molecule has 2 rings (SSSR count). The number of hydrogen-bond donors (Lipinski definition) is 0. The van der Waals surface area contributed by atoms with E-state index in [1.165, 1.54) is 6.92 Å². The summed E-state index contributed by atoms with van der Waals surface area (Å²) in [4.78, 5) is 15.3. The van der Waals surface area contributed by atoms with Gasteiger partial charge in [-0.25, -0.2) is 0 Å². The summed E-state index contributed by atoms with van der Waals surface area (Å²) in [5, 5.41) is 0.658. The molecule has 2 aromatic carbocycles. The Morgan fingerprint density at radius 3 is 2.65 bits per heavy atom. The van der Waals surface area contributed by atoms with E-state index in [4.69, 9.17) is 16.3 Å². The number of aliphatic imine (C=N–C) groups is 1. The first-order chi connectivity index (χ1) is 9.56. The fourth-order valence-electron chi connectivity index (χ4n) is 1.72. The summed E-state index contributed by atoms with van der Waals surface area (Å²) in [6.07, 6.45) is 1.72. The molecule has 0 aliphatic rings. The third-order valence-corrected chi connectivity index (χ3v) is 3.02. The summed E-state index contributed by atoms with van der Waals surface area (Å²) in [5.41, 5.74) is 2.59. The molecule has 0 aliphatic carbocycles. The highest BCUT2D eigenvalue weighted by molar-refractivity contribution is 6.33. The van der Waals surface area contributed by atoms with Gasteiger partial charge in [0.2, 0.25) is 0 Å². The van der Waals surface area contributed by atoms with Gasteiger partial charge in [0.05, 0.1) is 5.69 Å². The standard InChI is InChI=1S/C16H14ClNO2/c1-11-9-14(20-12(2)19)7-8-16(11)18-10-13-5-3-4-6-15(13)17/h3-10H,1-2H3/b18-10+. The Hall–Kier alpha value is -2.13. The maximum atomic E-state index is 10.9. The smallest absolute Gasteiger partial charge is 0.308 e. The van der Waals surface area contributed by atoms with Gasteiger partial charge in [-0.2, -0.15) is 0 Å². The molecule has 0 saturated heterocycles. The van der Waals surface area contributed by atoms with Crippen LogP contribution in [0.5, 0.6) is 5.75 Å². The third-order valence-electron chi connectivity index (χ3n) is 2.68. The lowest BCUT2D eigenvalue weighted by Crippen LogP contribution is -2.01. The second kappa shape index (κ2) is 6.35. The minimum atomic E-state index is -0.336. The van der Waals surface area contributed by atoms with Crippen LogP contribution in [0, 0.1) is 6.92 Å². The summed E-state index contributed by atoms with van der Waals surface area (Å²) in [7, 11) is 0. The Bertz CT molecular complexity index is 665. The van der Waals surface area contributed by atoms with Gasteiger partial charge in [-0.1, -0.05) is 29.8 Å². The van der Waals surface area contributed by atoms with Crippen LogP contribution in [0.25, 0.3) is 0 Å². The zero-order valence-electron chi connectivity index (χ0n) is 11.3. The average molecular weight is 288 g/mol. The van der Waals surface area contributed by atoms with Crippen LogP contribution in [0.15, 0.2) is 47.5 Å². The number of ether oxygens (including phenoxy) is 1. The molecule has 2 aromatic rings. The lowest BCUT2D eigenvalue weighted by atomic mass is 10.2. The van der Waals surface area contributed by atoms with Crippen molar-refractivity contribution in [2.24, 2.45) is 4.99 Å². The minimum absolute atomic E-state index is 0.336. The Balaban J connectivity index is 2.22. The van der Waals surface area contributed by atoms with Crippen LogP contribution in [-0.4, -0.2) is 12.2 Å². The lowest BCUT2D eigenvalue weighted by Gasteiger charge is -2.04. The quantitative estimate of drug-likeness (QED) is 0.479. The van der Waals surface area contributed by atoms with Gasteiger partial charge in [0, 0.05) is 23.7 Å². The van der Waals surface area contributed by atoms with E-state index in [2.05, 4.69) is 4.99 Å². The van der Waals surface area contributed by atoms with Crippen LogP contribution in [0.3, 0.4) is 0 Å². The van der Waals surface area contributed by atoms with E-state index in [9.17, 15) is 4.79 Å². The summed E-state index contributed by atoms with van der Waals surface area (Å²) < 4.78 is 5.02. The molecule has 0 unspecified atom stereocenters. The second-order valence-corrected chi connectivity index (χ2v) is 4.73. The van der Waals surface area contributed by atoms with Gasteiger partial charge in [-0.15, -0.1) is 0 Å². The lowest BCUT2D eigenvalue weighted by molar-refractivity contribution is -0.131. The molecule has 0 spiro atoms. The normalized spacial score (nSPS) is 10.8. The summed E-state index contributed by atoms with van der Waals surface area (Å²) in [6, 6.07) is 12.8. The topological polar surface area (TPSA) is 38.7 Å². The molecule has 102 valence electrons. The number of hydrogen-bond acceptors (Lipinski definition) is 3. The van der Waals surface area contributed by atoms with Crippen molar-refractivity contribution in [1.29, 1.82) is 0 Å². The van der Waals surface area contributed by atoms with E-state index in [1.54, 1.807) is 24.4 Å². The van der Waals surface area contributed by atoms with Crippen molar-refractivity contribution in [3.05, 3.63) is 58.6 Å². The summed E-state index contributed by atoms with van der Waals surface area (Å²) in [6.45, 7) is 3.28. The van der Waals surface area contributed by atoms with Crippen molar-refractivity contribution in [2.45, 2.75) is 13.8 Å². The molecule has 4 heteroatoms. The molecule has 0 radical (unpaired) electrons. The maximum absolute atomic E-state index is 10.9. The SMILES string of the molecule is CC(=O)Oc1ccc(/N=C/c2ccccc2Cl)c(C)c1. The highest BCUT2D eigenvalue weighted by Crippen LogP contribution is 2.24. The second-order valence-electron chi connectivity index (χ2n) is 4.32. The van der Waals surface area contributed by atoms with Crippen molar-refractivity contribution in [2.75, 3.05) is 0 Å². The van der Waals surface area contributed by atoms with Gasteiger partial charge in [0.1, 0.15) is 5.75 Å². The Labute approximate surface area is 122 Å². The third kappa shape index (κ3) is 3.68. The van der Waals surface area contributed by atoms with Gasteiger partial charge in [-0.3, -0.25) is 9.79 Å². The molecular weight excluding hydrogens is 274 g/mol. The fraction of sp³-hybridized carbons (Fsp3) is 0.125. The first kappa shape index (κ1) is 14.3. The predicted octanol–water partition coefficient (Wildman–Crippen LogP) is 4.32. The van der Waals surface area contributed by atoms with Crippen LogP contribution in [0.4, 0.5) is 5.69 Å². The van der Waals surface area contributed by atoms with Gasteiger partial charge >= 0.3 is 5.97 Å². The van der Waals surface area contributed by atoms with E-state index in [1.807, 2.05) is 31.2 Å². The van der Waals surface area contributed by atoms with Gasteiger partial charge < -0.3 is 4.74 Å². The maximum Gasteiger partial charge on any atom is 0.308 e. The molecule has 20 heavy (non-hydrogen) atoms. The number of aryl methyl sites for hydroxylation is 1. The van der Waals surface area contributed by atoms with Crippen molar-refractivity contribution in [1.82, 2.24) is 0 Å². The molecule has 0 atom stereocenters. The van der Waals surface area contributed by atoms with Crippen molar-refractivity contribution < 1.29 is 9.53 Å². The van der Waals surface area contributed by atoms with Crippen molar-refractivity contribution >= 4 is 29.5 Å². The summed E-state index contributed by atoms with van der Waals surface area (Å²) >= 11 is 6.06. The number of nitrogens with zero attached hydrogens (tertiary/aromatic N) is 1. The first-order valence-electron chi connectivity index (χ1n) is 6.14. The highest BCUT2D eigenvalue weighted by Gasteiger charge is 2.02. The Kier molecular flexibility index (Phi) is 4.53. The monoisotopic (exact) mass is 287 g/mol. The largest absolute Gasteiger partial charge is 0.427 e.